The predicted molar refractivity (Wildman–Crippen MR) is 52.6 cm³/mol. The molecule has 0 saturated carbocycles. The summed E-state index contributed by atoms with van der Waals surface area (Å²) in [5.74, 6) is 1.46. The van der Waals surface area contributed by atoms with Crippen LogP contribution in [0.15, 0.2) is 47.6 Å². The summed E-state index contributed by atoms with van der Waals surface area (Å²) < 4.78 is 0. The van der Waals surface area contributed by atoms with Crippen LogP contribution in [0.2, 0.25) is 0 Å². The second kappa shape index (κ2) is 4.80. The van der Waals surface area contributed by atoms with Gasteiger partial charge in [-0.1, -0.05) is 19.1 Å². The molecule has 2 aliphatic carbocycles. The van der Waals surface area contributed by atoms with Gasteiger partial charge in [-0.3, -0.25) is 0 Å². The molecule has 66 valence electrons. The van der Waals surface area contributed by atoms with Crippen LogP contribution >= 0.6 is 0 Å². The predicted octanol–water partition coefficient (Wildman–Crippen LogP) is 3.35. The van der Waals surface area contributed by atoms with E-state index in [2.05, 4.69) is 43.4 Å². The van der Waals surface area contributed by atoms with E-state index in [0.717, 1.165) is 12.8 Å². The van der Waals surface area contributed by atoms with Gasteiger partial charge >= 0.3 is 0 Å². The van der Waals surface area contributed by atoms with E-state index in [1.54, 1.807) is 0 Å². The van der Waals surface area contributed by atoms with Gasteiger partial charge in [0.15, 0.2) is 0 Å². The largest absolute Gasteiger partial charge is 0.155 e. The smallest absolute Gasteiger partial charge is 0 e. The Morgan fingerprint density at radius 3 is 1.77 bits per heavy atom. The minimum absolute atomic E-state index is 0. The topological polar surface area (TPSA) is 0 Å². The van der Waals surface area contributed by atoms with Crippen molar-refractivity contribution in [2.75, 3.05) is 0 Å². The van der Waals surface area contributed by atoms with E-state index in [0.29, 0.717) is 0 Å². The third kappa shape index (κ3) is 2.34. The molecule has 0 aromatic rings. The van der Waals surface area contributed by atoms with Crippen LogP contribution < -0.4 is 0 Å². The number of rotatable bonds is 2. The molecule has 0 nitrogen and oxygen atoms in total. The van der Waals surface area contributed by atoms with E-state index >= 15 is 0 Å². The van der Waals surface area contributed by atoms with Crippen molar-refractivity contribution >= 4 is 0 Å². The van der Waals surface area contributed by atoms with Crippen molar-refractivity contribution in [3.8, 4) is 0 Å². The molecule has 0 aliphatic heterocycles. The summed E-state index contributed by atoms with van der Waals surface area (Å²) in [7, 11) is 0. The zero-order chi connectivity index (χ0) is 8.39. The van der Waals surface area contributed by atoms with Gasteiger partial charge < -0.3 is 0 Å². The number of allylic oxidation sites excluding steroid dienone is 8. The maximum absolute atomic E-state index is 2.22. The van der Waals surface area contributed by atoms with Crippen molar-refractivity contribution in [2.45, 2.75) is 19.8 Å². The number of hydrogen-bond acceptors (Lipinski definition) is 0. The molecule has 1 heteroatoms. The Morgan fingerprint density at radius 2 is 1.46 bits per heavy atom. The van der Waals surface area contributed by atoms with Crippen molar-refractivity contribution in [1.29, 1.82) is 0 Å². The quantitative estimate of drug-likeness (QED) is 0.536. The molecule has 0 unspecified atom stereocenters. The standard InChI is InChI=1S/C12H13.Hf/c1-10(11-6-2-3-7-11)12-8-4-5-9-12;/h2-6,8H,7,9H2,1H3;/q-1;. The molecule has 0 fully saturated rings. The molecule has 0 amide bonds. The first kappa shape index (κ1) is 10.8. The van der Waals surface area contributed by atoms with Gasteiger partial charge in [-0.15, -0.1) is 23.3 Å². The monoisotopic (exact) mass is 337 g/mol. The summed E-state index contributed by atoms with van der Waals surface area (Å²) in [4.78, 5) is 0. The van der Waals surface area contributed by atoms with Gasteiger partial charge in [0.25, 0.3) is 0 Å². The molecule has 2 aliphatic rings. The summed E-state index contributed by atoms with van der Waals surface area (Å²) >= 11 is 0. The second-order valence-electron chi connectivity index (χ2n) is 3.27. The SMILES string of the molecule is C[C-](C1=CC=CC1)C1=CC=CC1.[Hf]. The van der Waals surface area contributed by atoms with Crippen LogP contribution in [0.25, 0.3) is 0 Å². The first-order valence-corrected chi connectivity index (χ1v) is 4.43. The molecule has 0 aromatic carbocycles. The van der Waals surface area contributed by atoms with Gasteiger partial charge in [-0.05, 0) is 12.8 Å². The minimum atomic E-state index is 0. The van der Waals surface area contributed by atoms with E-state index in [-0.39, 0.29) is 25.8 Å². The molecule has 0 N–H and O–H groups in total. The van der Waals surface area contributed by atoms with Crippen LogP contribution in [-0.2, 0) is 25.8 Å². The molecule has 0 aromatic heterocycles. The van der Waals surface area contributed by atoms with Gasteiger partial charge in [-0.2, -0.15) is 18.1 Å². The van der Waals surface area contributed by atoms with Gasteiger partial charge in [-0.25, -0.2) is 0 Å². The molecule has 0 atom stereocenters. The Kier molecular flexibility index (Phi) is 3.98. The fourth-order valence-corrected chi connectivity index (χ4v) is 1.66. The molecule has 0 radical (unpaired) electrons. The maximum atomic E-state index is 2.22. The van der Waals surface area contributed by atoms with Crippen LogP contribution in [-0.4, -0.2) is 0 Å². The molecule has 0 spiro atoms. The van der Waals surface area contributed by atoms with Crippen molar-refractivity contribution < 1.29 is 25.8 Å². The van der Waals surface area contributed by atoms with E-state index in [1.807, 2.05) is 0 Å². The van der Waals surface area contributed by atoms with Gasteiger partial charge in [0.05, 0.1) is 0 Å². The Morgan fingerprint density at radius 1 is 1.00 bits per heavy atom. The van der Waals surface area contributed by atoms with Gasteiger partial charge in [0, 0.05) is 25.8 Å². The van der Waals surface area contributed by atoms with Crippen molar-refractivity contribution in [1.82, 2.24) is 0 Å². The fourth-order valence-electron chi connectivity index (χ4n) is 1.66. The van der Waals surface area contributed by atoms with Crippen LogP contribution in [0.4, 0.5) is 0 Å². The molecule has 0 bridgehead atoms. The summed E-state index contributed by atoms with van der Waals surface area (Å²) in [6, 6.07) is 0. The minimum Gasteiger partial charge on any atom is -0.155 e. The van der Waals surface area contributed by atoms with Gasteiger partial charge in [0.2, 0.25) is 0 Å². The van der Waals surface area contributed by atoms with Crippen molar-refractivity contribution in [3.63, 3.8) is 0 Å². The fraction of sp³-hybridized carbons (Fsp3) is 0.250. The first-order valence-electron chi connectivity index (χ1n) is 4.43. The van der Waals surface area contributed by atoms with Crippen molar-refractivity contribution in [2.24, 2.45) is 0 Å². The van der Waals surface area contributed by atoms with E-state index in [4.69, 9.17) is 0 Å². The normalized spacial score (nSPS) is 18.2. The zero-order valence-electron chi connectivity index (χ0n) is 7.88. The summed E-state index contributed by atoms with van der Waals surface area (Å²) in [5, 5.41) is 0. The van der Waals surface area contributed by atoms with Crippen LogP contribution in [0.3, 0.4) is 0 Å². The van der Waals surface area contributed by atoms with Crippen LogP contribution in [0.5, 0.6) is 0 Å². The third-order valence-electron chi connectivity index (χ3n) is 2.51. The Balaban J connectivity index is 0.000000845. The van der Waals surface area contributed by atoms with E-state index in [9.17, 15) is 0 Å². The zero-order valence-corrected chi connectivity index (χ0v) is 11.5. The molecule has 0 saturated heterocycles. The molecule has 2 rings (SSSR count). The Bertz CT molecular complexity index is 262. The summed E-state index contributed by atoms with van der Waals surface area (Å²) in [5.41, 5.74) is 2.95. The summed E-state index contributed by atoms with van der Waals surface area (Å²) in [6.45, 7) is 2.22. The van der Waals surface area contributed by atoms with Gasteiger partial charge in [0.1, 0.15) is 0 Å². The maximum Gasteiger partial charge on any atom is 0 e. The molecular formula is C12H13Hf-. The molecular weight excluding hydrogens is 323 g/mol. The Labute approximate surface area is 98.9 Å². The van der Waals surface area contributed by atoms with Crippen LogP contribution in [0, 0.1) is 5.92 Å². The Hall–Kier alpha value is -0.300. The molecule has 0 heterocycles. The summed E-state index contributed by atoms with van der Waals surface area (Å²) in [6.07, 6.45) is 15.4. The first-order chi connectivity index (χ1) is 5.88. The van der Waals surface area contributed by atoms with Crippen molar-refractivity contribution in [3.05, 3.63) is 53.5 Å². The average Bonchev–Trinajstić information content (AvgIpc) is 2.77. The van der Waals surface area contributed by atoms with Crippen LogP contribution in [0.1, 0.15) is 19.8 Å². The van der Waals surface area contributed by atoms with E-state index in [1.165, 1.54) is 17.1 Å². The molecule has 13 heavy (non-hydrogen) atoms. The van der Waals surface area contributed by atoms with E-state index < -0.39 is 0 Å². The second-order valence-corrected chi connectivity index (χ2v) is 3.27. The number of hydrogen-bond donors (Lipinski definition) is 0. The third-order valence-corrected chi connectivity index (χ3v) is 2.51. The average molecular weight is 336 g/mol.